The topological polar surface area (TPSA) is 45.2 Å². The van der Waals surface area contributed by atoms with Crippen molar-refractivity contribution in [3.8, 4) is 34.2 Å². The predicted molar refractivity (Wildman–Crippen MR) is 302 cm³/mol. The number of nitrogens with zero attached hydrogens (tertiary/aromatic N) is 5. The second-order valence-electron chi connectivity index (χ2n) is 20.5. The minimum atomic E-state index is 0.502. The second kappa shape index (κ2) is 17.7. The minimum Gasteiger partial charge on any atom is -0.309 e. The normalized spacial score (nSPS) is 12.8. The fourth-order valence-corrected chi connectivity index (χ4v) is 12.3. The Balaban J connectivity index is 1.31. The van der Waals surface area contributed by atoms with E-state index in [1.165, 1.54) is 134 Å². The Morgan fingerprint density at radius 3 is 0.944 bits per heavy atom. The summed E-state index contributed by atoms with van der Waals surface area (Å²) in [5, 5.41) is 1.83. The molecule has 0 aliphatic carbocycles. The molecule has 0 atom stereocenters. The average molecular weight is 996 g/mol. The van der Waals surface area contributed by atoms with Crippen LogP contribution in [0.4, 0.5) is 34.1 Å². The van der Waals surface area contributed by atoms with Crippen LogP contribution in [0.1, 0.15) is 111 Å². The zero-order valence-electron chi connectivity index (χ0n) is 44.1. The first-order valence-corrected chi connectivity index (χ1v) is 25.8. The molecule has 0 N–H and O–H groups in total. The van der Waals surface area contributed by atoms with Crippen LogP contribution in [0.25, 0.3) is 34.2 Å². The summed E-state index contributed by atoms with van der Waals surface area (Å²) in [5.74, 6) is 1.53. The molecule has 0 amide bonds. The summed E-state index contributed by atoms with van der Waals surface area (Å²) in [7, 11) is 0. The van der Waals surface area contributed by atoms with E-state index in [-0.39, 0.29) is 0 Å². The zero-order chi connectivity index (χ0) is 51.0. The fraction of sp³-hybridized carbons (Fsp3) is 0.286. The highest BCUT2D eigenvalue weighted by atomic mass is 35.5. The molecule has 2 aliphatic heterocycles. The molecular formula is C63H62Cl3N5. The van der Waals surface area contributed by atoms with E-state index in [0.717, 1.165) is 40.9 Å². The molecule has 8 heteroatoms. The van der Waals surface area contributed by atoms with Gasteiger partial charge in [-0.05, 0) is 271 Å². The van der Waals surface area contributed by atoms with Gasteiger partial charge in [0, 0.05) is 44.6 Å². The highest BCUT2D eigenvalue weighted by Gasteiger charge is 2.37. The fourth-order valence-electron chi connectivity index (χ4n) is 11.7. The third-order valence-corrected chi connectivity index (χ3v) is 18.0. The lowest BCUT2D eigenvalue weighted by Crippen LogP contribution is -2.25. The number of rotatable bonds is 5. The van der Waals surface area contributed by atoms with Crippen molar-refractivity contribution in [2.45, 2.75) is 124 Å². The van der Waals surface area contributed by atoms with E-state index >= 15 is 0 Å². The smallest absolute Gasteiger partial charge is 0.166 e. The van der Waals surface area contributed by atoms with Crippen molar-refractivity contribution in [3.05, 3.63) is 187 Å². The van der Waals surface area contributed by atoms with Crippen molar-refractivity contribution in [1.29, 1.82) is 0 Å². The van der Waals surface area contributed by atoms with Crippen molar-refractivity contribution in [2.24, 2.45) is 0 Å². The molecule has 0 unspecified atom stereocenters. The van der Waals surface area contributed by atoms with Crippen LogP contribution in [0.5, 0.6) is 0 Å². The first-order valence-electron chi connectivity index (χ1n) is 24.7. The molecule has 0 fully saturated rings. The Morgan fingerprint density at radius 1 is 0.324 bits per heavy atom. The Hall–Kier alpha value is -5.98. The maximum absolute atomic E-state index is 7.19. The number of halogens is 3. The van der Waals surface area contributed by atoms with E-state index in [4.69, 9.17) is 49.8 Å². The molecule has 10 rings (SSSR count). The van der Waals surface area contributed by atoms with Gasteiger partial charge in [0.25, 0.3) is 0 Å². The van der Waals surface area contributed by atoms with Crippen molar-refractivity contribution in [3.63, 3.8) is 0 Å². The van der Waals surface area contributed by atoms with Crippen molar-refractivity contribution < 1.29 is 0 Å². The van der Waals surface area contributed by atoms with Crippen LogP contribution in [0, 0.1) is 111 Å². The number of anilines is 6. The summed E-state index contributed by atoms with van der Waals surface area (Å²) >= 11 is 21.2. The molecule has 2 aliphatic rings. The lowest BCUT2D eigenvalue weighted by atomic mass is 9.80. The quantitative estimate of drug-likeness (QED) is 0.172. The molecule has 1 aromatic heterocycles. The van der Waals surface area contributed by atoms with Gasteiger partial charge in [0.15, 0.2) is 17.5 Å². The van der Waals surface area contributed by atoms with E-state index in [0.29, 0.717) is 32.5 Å². The van der Waals surface area contributed by atoms with Gasteiger partial charge < -0.3 is 9.80 Å². The number of aromatic nitrogens is 3. The van der Waals surface area contributed by atoms with Crippen LogP contribution in [-0.2, 0) is 12.8 Å². The van der Waals surface area contributed by atoms with Crippen LogP contribution in [-0.4, -0.2) is 15.0 Å². The van der Waals surface area contributed by atoms with Crippen LogP contribution in [0.2, 0.25) is 15.1 Å². The number of benzene rings is 7. The van der Waals surface area contributed by atoms with Crippen LogP contribution in [0.3, 0.4) is 0 Å². The Labute approximate surface area is 435 Å². The lowest BCUT2D eigenvalue weighted by Gasteiger charge is -2.40. The van der Waals surface area contributed by atoms with Gasteiger partial charge in [0.1, 0.15) is 0 Å². The number of hydrogen-bond acceptors (Lipinski definition) is 5. The molecule has 0 radical (unpaired) electrons. The number of hydrogen-bond donors (Lipinski definition) is 0. The maximum Gasteiger partial charge on any atom is 0.166 e. The molecular weight excluding hydrogens is 933 g/mol. The summed E-state index contributed by atoms with van der Waals surface area (Å²) < 4.78 is 0. The van der Waals surface area contributed by atoms with E-state index in [1.807, 2.05) is 36.4 Å². The molecule has 0 spiro atoms. The van der Waals surface area contributed by atoms with Crippen molar-refractivity contribution in [1.82, 2.24) is 15.0 Å². The SMILES string of the molecule is Cc1c(C)c(C)c2c(c1C)Cc1c(C)c(C)c(C)c(C)c1N2c1cc(Cl)ccc1-c1nc(-c2cccc(Cl)c2)nc(-c2ccc(Cl)cc2N2c3c(C)c(C)c(C)c(C)c3Cc3c(C)c(C)c(C)c(C)c32)n1. The lowest BCUT2D eigenvalue weighted by molar-refractivity contribution is 0.992. The predicted octanol–water partition coefficient (Wildman–Crippen LogP) is 18.5. The monoisotopic (exact) mass is 993 g/mol. The summed E-state index contributed by atoms with van der Waals surface area (Å²) in [5.41, 5.74) is 34.9. The van der Waals surface area contributed by atoms with E-state index in [9.17, 15) is 0 Å². The maximum atomic E-state index is 7.19. The first-order chi connectivity index (χ1) is 33.6. The van der Waals surface area contributed by atoms with E-state index in [1.54, 1.807) is 0 Å². The molecule has 0 saturated carbocycles. The Bertz CT molecular complexity index is 3310. The second-order valence-corrected chi connectivity index (χ2v) is 21.8. The van der Waals surface area contributed by atoms with Gasteiger partial charge in [-0.15, -0.1) is 0 Å². The summed E-state index contributed by atoms with van der Waals surface area (Å²) in [6.45, 7) is 36.2. The number of fused-ring (bicyclic) bond motifs is 4. The molecule has 8 aromatic rings. The van der Waals surface area contributed by atoms with E-state index < -0.39 is 0 Å². The van der Waals surface area contributed by atoms with Gasteiger partial charge >= 0.3 is 0 Å². The molecule has 3 heterocycles. The van der Waals surface area contributed by atoms with E-state index in [2.05, 4.69) is 145 Å². The van der Waals surface area contributed by atoms with Gasteiger partial charge in [-0.25, -0.2) is 15.0 Å². The first kappa shape index (κ1) is 48.6. The van der Waals surface area contributed by atoms with Crippen LogP contribution < -0.4 is 9.80 Å². The molecule has 71 heavy (non-hydrogen) atoms. The van der Waals surface area contributed by atoms with Gasteiger partial charge in [0.2, 0.25) is 0 Å². The highest BCUT2D eigenvalue weighted by Crippen LogP contribution is 2.56. The van der Waals surface area contributed by atoms with Gasteiger partial charge in [0.05, 0.1) is 34.1 Å². The summed E-state index contributed by atoms with van der Waals surface area (Å²) in [4.78, 5) is 21.4. The van der Waals surface area contributed by atoms with Crippen molar-refractivity contribution in [2.75, 3.05) is 9.80 Å². The van der Waals surface area contributed by atoms with Crippen LogP contribution >= 0.6 is 34.8 Å². The molecule has 5 nitrogen and oxygen atoms in total. The molecule has 7 aromatic carbocycles. The summed E-state index contributed by atoms with van der Waals surface area (Å²) in [6.07, 6.45) is 1.68. The average Bonchev–Trinajstić information content (AvgIpc) is 3.36. The molecule has 0 saturated heterocycles. The Kier molecular flexibility index (Phi) is 12.1. The minimum absolute atomic E-state index is 0.502. The Morgan fingerprint density at radius 2 is 0.620 bits per heavy atom. The zero-order valence-corrected chi connectivity index (χ0v) is 46.3. The third-order valence-electron chi connectivity index (χ3n) is 17.3. The van der Waals surface area contributed by atoms with Gasteiger partial charge in [-0.3, -0.25) is 0 Å². The van der Waals surface area contributed by atoms with Crippen molar-refractivity contribution >= 4 is 68.9 Å². The summed E-state index contributed by atoms with van der Waals surface area (Å²) in [6, 6.07) is 20.0. The molecule has 0 bridgehead atoms. The standard InChI is InChI=1S/C63H62Cl3N5/c1-29-33(5)41(13)57-51(37(29)9)27-52-38(10)30(2)34(6)42(14)58(52)70(57)55-25-47(65)20-22-49(55)62-67-61(45-18-17-19-46(64)24-45)68-63(69-62)50-23-21-48(66)26-56(50)71-59-43(15)35(7)31(3)39(11)53(59)28-54-40(12)32(4)36(8)44(16)60(54)71/h17-26H,27-28H2,1-16H3. The highest BCUT2D eigenvalue weighted by molar-refractivity contribution is 6.32. The largest absolute Gasteiger partial charge is 0.309 e. The van der Waals surface area contributed by atoms with Gasteiger partial charge in [-0.2, -0.15) is 0 Å². The van der Waals surface area contributed by atoms with Gasteiger partial charge in [-0.1, -0.05) is 46.9 Å². The third kappa shape index (κ3) is 7.43. The van der Waals surface area contributed by atoms with Crippen LogP contribution in [0.15, 0.2) is 60.7 Å². The molecule has 360 valence electrons.